The van der Waals surface area contributed by atoms with E-state index in [1.165, 1.54) is 0 Å². The molecule has 0 heterocycles. The fraction of sp³-hybridized carbons (Fsp3) is 0.387. The number of nitrogens with zero attached hydrogens (tertiary/aromatic N) is 1. The molecule has 208 valence electrons. The summed E-state index contributed by atoms with van der Waals surface area (Å²) in [5, 5.41) is 7.74. The molecule has 0 aliphatic rings. The minimum atomic E-state index is -0.988. The molecule has 8 heteroatoms. The summed E-state index contributed by atoms with van der Waals surface area (Å²) < 4.78 is 5.38. The highest BCUT2D eigenvalue weighted by atomic mass is 32.1. The molecule has 0 aliphatic carbocycles. The predicted molar refractivity (Wildman–Crippen MR) is 160 cm³/mol. The zero-order valence-electron chi connectivity index (χ0n) is 23.5. The van der Waals surface area contributed by atoms with Crippen molar-refractivity contribution in [1.82, 2.24) is 10.2 Å². The van der Waals surface area contributed by atoms with Crippen molar-refractivity contribution in [3.63, 3.8) is 0 Å². The molecule has 0 spiro atoms. The molecule has 0 bridgehead atoms. The third-order valence-electron chi connectivity index (χ3n) is 6.39. The van der Waals surface area contributed by atoms with Crippen LogP contribution in [0.25, 0.3) is 10.8 Å². The molecule has 7 nitrogen and oxygen atoms in total. The Morgan fingerprint density at radius 2 is 1.67 bits per heavy atom. The summed E-state index contributed by atoms with van der Waals surface area (Å²) in [6.45, 7) is 11.0. The van der Waals surface area contributed by atoms with Crippen molar-refractivity contribution < 1.29 is 19.1 Å². The van der Waals surface area contributed by atoms with Gasteiger partial charge >= 0.3 is 6.09 Å². The first-order valence-corrected chi connectivity index (χ1v) is 13.9. The van der Waals surface area contributed by atoms with Gasteiger partial charge in [0.15, 0.2) is 0 Å². The van der Waals surface area contributed by atoms with Gasteiger partial charge in [-0.1, -0.05) is 67.1 Å². The summed E-state index contributed by atoms with van der Waals surface area (Å²) >= 11 is 4.35. The molecule has 2 N–H and O–H groups in total. The fourth-order valence-corrected chi connectivity index (χ4v) is 4.61. The topological polar surface area (TPSA) is 87.7 Å². The normalized spacial score (nSPS) is 13.7. The van der Waals surface area contributed by atoms with Crippen molar-refractivity contribution in [1.29, 1.82) is 0 Å². The molecule has 0 saturated heterocycles. The Hall–Kier alpha value is -3.52. The minimum Gasteiger partial charge on any atom is -0.444 e. The maximum Gasteiger partial charge on any atom is 0.408 e. The van der Waals surface area contributed by atoms with Crippen molar-refractivity contribution in [2.45, 2.75) is 71.7 Å². The van der Waals surface area contributed by atoms with E-state index in [1.807, 2.05) is 87.5 Å². The lowest BCUT2D eigenvalue weighted by atomic mass is 9.98. The number of ether oxygens (including phenoxy) is 1. The van der Waals surface area contributed by atoms with Crippen molar-refractivity contribution in [3.05, 3.63) is 77.9 Å². The molecule has 3 aromatic carbocycles. The predicted octanol–water partition coefficient (Wildman–Crippen LogP) is 6.28. The van der Waals surface area contributed by atoms with E-state index < -0.39 is 29.7 Å². The average molecular weight is 550 g/mol. The zero-order valence-corrected chi connectivity index (χ0v) is 24.4. The Kier molecular flexibility index (Phi) is 10.0. The minimum absolute atomic E-state index is 0.0395. The second kappa shape index (κ2) is 13.0. The van der Waals surface area contributed by atoms with Gasteiger partial charge in [0.1, 0.15) is 17.7 Å². The third kappa shape index (κ3) is 7.99. The number of amides is 3. The first-order valence-electron chi connectivity index (χ1n) is 13.2. The Bertz CT molecular complexity index is 1320. The third-order valence-corrected chi connectivity index (χ3v) is 6.76. The van der Waals surface area contributed by atoms with Crippen molar-refractivity contribution in [3.8, 4) is 0 Å². The van der Waals surface area contributed by atoms with Gasteiger partial charge in [0.2, 0.25) is 5.91 Å². The van der Waals surface area contributed by atoms with Gasteiger partial charge < -0.3 is 20.3 Å². The number of fused-ring (bicyclic) bond motifs is 1. The number of benzene rings is 3. The number of hydrogen-bond donors (Lipinski definition) is 3. The molecular weight excluding hydrogens is 510 g/mol. The fourth-order valence-electron chi connectivity index (χ4n) is 4.37. The maximum atomic E-state index is 14.0. The van der Waals surface area contributed by atoms with Crippen LogP contribution in [0.5, 0.6) is 0 Å². The van der Waals surface area contributed by atoms with Gasteiger partial charge in [-0.2, -0.15) is 12.6 Å². The van der Waals surface area contributed by atoms with Crippen LogP contribution >= 0.6 is 12.6 Å². The summed E-state index contributed by atoms with van der Waals surface area (Å²) in [5.74, 6) is -0.720. The molecule has 3 amide bonds. The highest BCUT2D eigenvalue weighted by Crippen LogP contribution is 2.29. The molecule has 3 unspecified atom stereocenters. The maximum absolute atomic E-state index is 14.0. The van der Waals surface area contributed by atoms with Crippen LogP contribution in [0, 0.1) is 6.92 Å². The van der Waals surface area contributed by atoms with Gasteiger partial charge in [0, 0.05) is 17.5 Å². The number of anilines is 1. The van der Waals surface area contributed by atoms with Crippen LogP contribution < -0.4 is 10.6 Å². The van der Waals surface area contributed by atoms with E-state index in [9.17, 15) is 14.4 Å². The zero-order chi connectivity index (χ0) is 28.7. The van der Waals surface area contributed by atoms with Crippen LogP contribution in [0.1, 0.15) is 58.2 Å². The monoisotopic (exact) mass is 549 g/mol. The SMILES string of the molecule is CCC(C)N(C(=O)C(CS)NC(=O)OC(C)(C)C)C(C(=O)Nc1ccc2ccccc2c1)c1cccc(C)c1. The highest BCUT2D eigenvalue weighted by Gasteiger charge is 2.38. The lowest BCUT2D eigenvalue weighted by Crippen LogP contribution is -2.55. The molecule has 3 aromatic rings. The molecule has 3 atom stereocenters. The van der Waals surface area contributed by atoms with Crippen LogP contribution in [0.3, 0.4) is 0 Å². The molecule has 0 radical (unpaired) electrons. The second-order valence-electron chi connectivity index (χ2n) is 10.8. The van der Waals surface area contributed by atoms with Gasteiger partial charge in [-0.05, 0) is 69.5 Å². The Labute approximate surface area is 236 Å². The number of aryl methyl sites for hydroxylation is 1. The summed E-state index contributed by atoms with van der Waals surface area (Å²) in [5.41, 5.74) is 1.54. The van der Waals surface area contributed by atoms with E-state index in [0.717, 1.165) is 16.3 Å². The van der Waals surface area contributed by atoms with Crippen LogP contribution in [0.4, 0.5) is 10.5 Å². The molecule has 0 saturated carbocycles. The van der Waals surface area contributed by atoms with E-state index in [0.29, 0.717) is 17.7 Å². The second-order valence-corrected chi connectivity index (χ2v) is 11.1. The van der Waals surface area contributed by atoms with Gasteiger partial charge in [-0.25, -0.2) is 4.79 Å². The van der Waals surface area contributed by atoms with Crippen molar-refractivity contribution in [2.24, 2.45) is 0 Å². The quantitative estimate of drug-likeness (QED) is 0.274. The highest BCUT2D eigenvalue weighted by molar-refractivity contribution is 7.80. The van der Waals surface area contributed by atoms with E-state index in [2.05, 4.69) is 23.3 Å². The van der Waals surface area contributed by atoms with E-state index in [1.54, 1.807) is 25.7 Å². The number of alkyl carbamates (subject to hydrolysis) is 1. The number of carbonyl (C=O) groups excluding carboxylic acids is 3. The molecule has 0 aliphatic heterocycles. The van der Waals surface area contributed by atoms with E-state index in [4.69, 9.17) is 4.74 Å². The molecular formula is C31H39N3O4S. The number of thiol groups is 1. The lowest BCUT2D eigenvalue weighted by molar-refractivity contribution is -0.142. The van der Waals surface area contributed by atoms with Crippen molar-refractivity contribution >= 4 is 47.0 Å². The number of carbonyl (C=O) groups is 3. The van der Waals surface area contributed by atoms with Gasteiger partial charge in [0.25, 0.3) is 5.91 Å². The lowest BCUT2D eigenvalue weighted by Gasteiger charge is -2.38. The van der Waals surface area contributed by atoms with Gasteiger partial charge in [-0.15, -0.1) is 0 Å². The van der Waals surface area contributed by atoms with Gasteiger partial charge in [0.05, 0.1) is 0 Å². The molecule has 0 aromatic heterocycles. The Morgan fingerprint density at radius 3 is 2.28 bits per heavy atom. The first-order chi connectivity index (χ1) is 18.4. The molecule has 3 rings (SSSR count). The summed E-state index contributed by atoms with van der Waals surface area (Å²) in [7, 11) is 0. The van der Waals surface area contributed by atoms with Crippen LogP contribution in [0.15, 0.2) is 66.7 Å². The summed E-state index contributed by atoms with van der Waals surface area (Å²) in [6, 6.07) is 18.9. The standard InChI is InChI=1S/C31H39N3O4S/c1-7-21(3)34(29(36)26(19-39)33-30(37)38-31(4,5)6)27(24-14-10-11-20(2)17-24)28(35)32-25-16-15-22-12-8-9-13-23(22)18-25/h8-18,21,26-27,39H,7,19H2,1-6H3,(H,32,35)(H,33,37). The first kappa shape index (κ1) is 30.0. The number of rotatable bonds is 9. The number of hydrogen-bond acceptors (Lipinski definition) is 5. The number of nitrogens with one attached hydrogen (secondary N) is 2. The summed E-state index contributed by atoms with van der Waals surface area (Å²) in [4.78, 5) is 42.1. The van der Waals surface area contributed by atoms with Gasteiger partial charge in [-0.3, -0.25) is 9.59 Å². The molecule has 0 fully saturated rings. The van der Waals surface area contributed by atoms with Crippen molar-refractivity contribution in [2.75, 3.05) is 11.1 Å². The molecule has 39 heavy (non-hydrogen) atoms. The smallest absolute Gasteiger partial charge is 0.408 e. The van der Waals surface area contributed by atoms with Crippen LogP contribution in [0.2, 0.25) is 0 Å². The average Bonchev–Trinajstić information content (AvgIpc) is 2.88. The van der Waals surface area contributed by atoms with Crippen LogP contribution in [-0.4, -0.2) is 46.2 Å². The summed E-state index contributed by atoms with van der Waals surface area (Å²) in [6.07, 6.45) is -0.116. The van der Waals surface area contributed by atoms with E-state index in [-0.39, 0.29) is 17.7 Å². The Balaban J connectivity index is 2.01. The largest absolute Gasteiger partial charge is 0.444 e. The van der Waals surface area contributed by atoms with Crippen LogP contribution in [-0.2, 0) is 14.3 Å². The van der Waals surface area contributed by atoms with E-state index >= 15 is 0 Å². The Morgan fingerprint density at radius 1 is 0.974 bits per heavy atom.